The van der Waals surface area contributed by atoms with Crippen molar-refractivity contribution in [3.05, 3.63) is 38.5 Å². The molecule has 4 heteroatoms. The maximum absolute atomic E-state index is 4.46. The van der Waals surface area contributed by atoms with Crippen LogP contribution in [0.2, 0.25) is 0 Å². The molecule has 0 amide bonds. The van der Waals surface area contributed by atoms with Crippen molar-refractivity contribution in [2.75, 3.05) is 0 Å². The Balaban J connectivity index is 1.93. The molecule has 1 unspecified atom stereocenters. The summed E-state index contributed by atoms with van der Waals surface area (Å²) in [4.78, 5) is 5.87. The molecule has 0 bridgehead atoms. The number of aromatic nitrogens is 1. The van der Waals surface area contributed by atoms with E-state index in [1.54, 1.807) is 11.3 Å². The van der Waals surface area contributed by atoms with Crippen molar-refractivity contribution in [1.29, 1.82) is 0 Å². The number of nitrogens with zero attached hydrogens (tertiary/aromatic N) is 1. The molecule has 2 nitrogen and oxygen atoms in total. The zero-order valence-electron chi connectivity index (χ0n) is 9.56. The lowest BCUT2D eigenvalue weighted by Crippen LogP contribution is -2.19. The summed E-state index contributed by atoms with van der Waals surface area (Å²) in [5.41, 5.74) is 1.15. The van der Waals surface area contributed by atoms with E-state index in [0.717, 1.165) is 23.7 Å². The number of thiazole rings is 1. The molecule has 0 saturated heterocycles. The molecular weight excluding hydrogens is 236 g/mol. The quantitative estimate of drug-likeness (QED) is 0.876. The third-order valence-electron chi connectivity index (χ3n) is 2.49. The lowest BCUT2D eigenvalue weighted by Gasteiger charge is -2.14. The van der Waals surface area contributed by atoms with Crippen LogP contribution in [0, 0.1) is 6.92 Å². The van der Waals surface area contributed by atoms with Crippen molar-refractivity contribution in [1.82, 2.24) is 10.3 Å². The standard InChI is InChI=1S/C12H16N2S2/c1-3-11(12-5-4-6-15-12)13-7-10-8-16-9(2)14-10/h4-6,8,11,13H,3,7H2,1-2H3. The van der Waals surface area contributed by atoms with E-state index < -0.39 is 0 Å². The molecule has 16 heavy (non-hydrogen) atoms. The normalized spacial score (nSPS) is 12.9. The predicted octanol–water partition coefficient (Wildman–Crippen LogP) is 3.75. The maximum Gasteiger partial charge on any atom is 0.0897 e. The van der Waals surface area contributed by atoms with E-state index in [1.165, 1.54) is 4.88 Å². The van der Waals surface area contributed by atoms with E-state index in [-0.39, 0.29) is 0 Å². The Bertz CT molecular complexity index is 420. The predicted molar refractivity (Wildman–Crippen MR) is 71.0 cm³/mol. The molecule has 2 aromatic heterocycles. The minimum absolute atomic E-state index is 0.460. The van der Waals surface area contributed by atoms with E-state index in [4.69, 9.17) is 0 Å². The molecule has 2 aromatic rings. The van der Waals surface area contributed by atoms with Gasteiger partial charge in [-0.3, -0.25) is 0 Å². The lowest BCUT2D eigenvalue weighted by molar-refractivity contribution is 0.522. The minimum Gasteiger partial charge on any atom is -0.304 e. The van der Waals surface area contributed by atoms with Gasteiger partial charge in [-0.2, -0.15) is 0 Å². The summed E-state index contributed by atoms with van der Waals surface area (Å²) in [7, 11) is 0. The Labute approximate surface area is 104 Å². The number of aryl methyl sites for hydroxylation is 1. The van der Waals surface area contributed by atoms with Gasteiger partial charge >= 0.3 is 0 Å². The van der Waals surface area contributed by atoms with Crippen molar-refractivity contribution in [3.63, 3.8) is 0 Å². The van der Waals surface area contributed by atoms with E-state index in [9.17, 15) is 0 Å². The lowest BCUT2D eigenvalue weighted by atomic mass is 10.2. The van der Waals surface area contributed by atoms with Crippen LogP contribution in [-0.2, 0) is 6.54 Å². The molecule has 2 rings (SSSR count). The monoisotopic (exact) mass is 252 g/mol. The SMILES string of the molecule is CCC(NCc1csc(C)n1)c1cccs1. The molecule has 0 radical (unpaired) electrons. The third kappa shape index (κ3) is 2.90. The second-order valence-corrected chi connectivity index (χ2v) is 5.76. The molecule has 0 spiro atoms. The molecule has 2 heterocycles. The van der Waals surface area contributed by atoms with Crippen molar-refractivity contribution >= 4 is 22.7 Å². The van der Waals surface area contributed by atoms with E-state index in [1.807, 2.05) is 18.3 Å². The van der Waals surface area contributed by atoms with Crippen molar-refractivity contribution in [3.8, 4) is 0 Å². The average molecular weight is 252 g/mol. The van der Waals surface area contributed by atoms with E-state index in [2.05, 4.69) is 40.1 Å². The van der Waals surface area contributed by atoms with Crippen molar-refractivity contribution in [2.24, 2.45) is 0 Å². The third-order valence-corrected chi connectivity index (χ3v) is 4.30. The summed E-state index contributed by atoms with van der Waals surface area (Å²) in [5.74, 6) is 0. The molecular formula is C12H16N2S2. The molecule has 1 atom stereocenters. The van der Waals surface area contributed by atoms with Crippen LogP contribution in [0.4, 0.5) is 0 Å². The largest absolute Gasteiger partial charge is 0.304 e. The molecule has 1 N–H and O–H groups in total. The fourth-order valence-corrected chi connectivity index (χ4v) is 3.15. The van der Waals surface area contributed by atoms with Crippen LogP contribution >= 0.6 is 22.7 Å². The van der Waals surface area contributed by atoms with Gasteiger partial charge in [-0.05, 0) is 24.8 Å². The van der Waals surface area contributed by atoms with Gasteiger partial charge in [0.1, 0.15) is 0 Å². The van der Waals surface area contributed by atoms with Gasteiger partial charge < -0.3 is 5.32 Å². The van der Waals surface area contributed by atoms with Crippen molar-refractivity contribution < 1.29 is 0 Å². The van der Waals surface area contributed by atoms with Gasteiger partial charge in [0.2, 0.25) is 0 Å². The van der Waals surface area contributed by atoms with Gasteiger partial charge in [0.05, 0.1) is 10.7 Å². The fourth-order valence-electron chi connectivity index (χ4n) is 1.65. The second-order valence-electron chi connectivity index (χ2n) is 3.72. The summed E-state index contributed by atoms with van der Waals surface area (Å²) in [5, 5.41) is 8.96. The van der Waals surface area contributed by atoms with E-state index in [0.29, 0.717) is 6.04 Å². The first-order valence-corrected chi connectivity index (χ1v) is 7.23. The Morgan fingerprint density at radius 2 is 2.31 bits per heavy atom. The first-order chi connectivity index (χ1) is 7.79. The van der Waals surface area contributed by atoms with Gasteiger partial charge in [0.15, 0.2) is 0 Å². The van der Waals surface area contributed by atoms with Crippen LogP contribution in [0.3, 0.4) is 0 Å². The van der Waals surface area contributed by atoms with E-state index >= 15 is 0 Å². The van der Waals surface area contributed by atoms with Gasteiger partial charge in [-0.25, -0.2) is 4.98 Å². The molecule has 0 aliphatic carbocycles. The van der Waals surface area contributed by atoms with Crippen molar-refractivity contribution in [2.45, 2.75) is 32.9 Å². The Morgan fingerprint density at radius 1 is 1.44 bits per heavy atom. The molecule has 86 valence electrons. The number of nitrogens with one attached hydrogen (secondary N) is 1. The molecule has 0 aliphatic rings. The van der Waals surface area contributed by atoms with Gasteiger partial charge in [-0.15, -0.1) is 22.7 Å². The second kappa shape index (κ2) is 5.57. The summed E-state index contributed by atoms with van der Waals surface area (Å²) in [6, 6.07) is 4.76. The minimum atomic E-state index is 0.460. The molecule has 0 aromatic carbocycles. The van der Waals surface area contributed by atoms with Crippen LogP contribution in [-0.4, -0.2) is 4.98 Å². The summed E-state index contributed by atoms with van der Waals surface area (Å²) in [6.45, 7) is 5.12. The average Bonchev–Trinajstić information content (AvgIpc) is 2.91. The number of thiophene rings is 1. The molecule has 0 fully saturated rings. The zero-order chi connectivity index (χ0) is 11.4. The summed E-state index contributed by atoms with van der Waals surface area (Å²) < 4.78 is 0. The summed E-state index contributed by atoms with van der Waals surface area (Å²) in [6.07, 6.45) is 1.11. The molecule has 0 aliphatic heterocycles. The van der Waals surface area contributed by atoms with Gasteiger partial charge in [0, 0.05) is 22.8 Å². The number of hydrogen-bond acceptors (Lipinski definition) is 4. The van der Waals surface area contributed by atoms with Gasteiger partial charge in [0.25, 0.3) is 0 Å². The first-order valence-electron chi connectivity index (χ1n) is 5.47. The summed E-state index contributed by atoms with van der Waals surface area (Å²) >= 11 is 3.53. The Morgan fingerprint density at radius 3 is 2.88 bits per heavy atom. The zero-order valence-corrected chi connectivity index (χ0v) is 11.2. The first kappa shape index (κ1) is 11.8. The maximum atomic E-state index is 4.46. The highest BCUT2D eigenvalue weighted by atomic mass is 32.1. The fraction of sp³-hybridized carbons (Fsp3) is 0.417. The van der Waals surface area contributed by atoms with Crippen LogP contribution in [0.5, 0.6) is 0 Å². The highest BCUT2D eigenvalue weighted by Crippen LogP contribution is 2.22. The van der Waals surface area contributed by atoms with Crippen LogP contribution in [0.15, 0.2) is 22.9 Å². The number of rotatable bonds is 5. The highest BCUT2D eigenvalue weighted by molar-refractivity contribution is 7.10. The van der Waals surface area contributed by atoms with Crippen LogP contribution in [0.1, 0.15) is 35.0 Å². The topological polar surface area (TPSA) is 24.9 Å². The van der Waals surface area contributed by atoms with Crippen LogP contribution < -0.4 is 5.32 Å². The number of hydrogen-bond donors (Lipinski definition) is 1. The Kier molecular flexibility index (Phi) is 4.09. The highest BCUT2D eigenvalue weighted by Gasteiger charge is 2.09. The van der Waals surface area contributed by atoms with Gasteiger partial charge in [-0.1, -0.05) is 13.0 Å². The molecule has 0 saturated carbocycles. The smallest absolute Gasteiger partial charge is 0.0897 e. The van der Waals surface area contributed by atoms with Crippen LogP contribution in [0.25, 0.3) is 0 Å². The Hall–Kier alpha value is -0.710.